The maximum Gasteiger partial charge on any atom is 0.323 e. The van der Waals surface area contributed by atoms with Crippen molar-refractivity contribution in [1.29, 1.82) is 0 Å². The minimum atomic E-state index is -1.08. The van der Waals surface area contributed by atoms with E-state index in [1.54, 1.807) is 6.82 Å². The standard InChI is InChI=1S/C13H25BN2O3/c1-8-9-6-13(15,12(17)18)11(10(9)7-16-8)4-3-5-14(2)19/h8-11,16,19H,3-7,15H2,1-2H3,(H,17,18). The molecule has 5 nitrogen and oxygen atoms in total. The van der Waals surface area contributed by atoms with E-state index >= 15 is 0 Å². The molecule has 0 aromatic rings. The van der Waals surface area contributed by atoms with Gasteiger partial charge in [0.15, 0.2) is 0 Å². The molecule has 0 amide bonds. The van der Waals surface area contributed by atoms with Crippen LogP contribution in [0.25, 0.3) is 0 Å². The van der Waals surface area contributed by atoms with E-state index in [1.807, 2.05) is 0 Å². The normalized spacial score (nSPS) is 41.3. The minimum Gasteiger partial charge on any atom is -0.480 e. The first kappa shape index (κ1) is 14.8. The number of fused-ring (bicyclic) bond motifs is 1. The van der Waals surface area contributed by atoms with Gasteiger partial charge in [0.1, 0.15) is 5.54 Å². The maximum absolute atomic E-state index is 11.6. The largest absolute Gasteiger partial charge is 0.480 e. The Morgan fingerprint density at radius 3 is 2.79 bits per heavy atom. The summed E-state index contributed by atoms with van der Waals surface area (Å²) < 4.78 is 0. The second-order valence-electron chi connectivity index (χ2n) is 6.46. The predicted molar refractivity (Wildman–Crippen MR) is 75.0 cm³/mol. The van der Waals surface area contributed by atoms with E-state index in [9.17, 15) is 14.9 Å². The molecule has 6 heteroatoms. The summed E-state index contributed by atoms with van der Waals surface area (Å²) in [7, 11) is 0. The van der Waals surface area contributed by atoms with Crippen molar-refractivity contribution in [3.8, 4) is 0 Å². The molecule has 2 fully saturated rings. The van der Waals surface area contributed by atoms with Crippen molar-refractivity contribution in [1.82, 2.24) is 5.32 Å². The van der Waals surface area contributed by atoms with E-state index in [2.05, 4.69) is 12.2 Å². The molecule has 5 N–H and O–H groups in total. The minimum absolute atomic E-state index is 0.0196. The van der Waals surface area contributed by atoms with Gasteiger partial charge < -0.3 is 21.2 Å². The Hall–Kier alpha value is -0.585. The van der Waals surface area contributed by atoms with Crippen LogP contribution < -0.4 is 11.1 Å². The molecular formula is C13H25BN2O3. The molecule has 0 bridgehead atoms. The van der Waals surface area contributed by atoms with Crippen LogP contribution >= 0.6 is 0 Å². The summed E-state index contributed by atoms with van der Waals surface area (Å²) in [5.41, 5.74) is 5.15. The van der Waals surface area contributed by atoms with E-state index in [0.717, 1.165) is 19.4 Å². The smallest absolute Gasteiger partial charge is 0.323 e. The number of nitrogens with one attached hydrogen (secondary N) is 1. The molecule has 1 aliphatic carbocycles. The van der Waals surface area contributed by atoms with Crippen LogP contribution in [0, 0.1) is 17.8 Å². The third kappa shape index (κ3) is 2.66. The Balaban J connectivity index is 2.09. The lowest BCUT2D eigenvalue weighted by atomic mass is 9.65. The molecule has 5 unspecified atom stereocenters. The first-order valence-corrected chi connectivity index (χ1v) is 7.30. The number of rotatable bonds is 5. The van der Waals surface area contributed by atoms with Crippen LogP contribution in [-0.4, -0.2) is 41.1 Å². The van der Waals surface area contributed by atoms with Gasteiger partial charge >= 0.3 is 5.97 Å². The van der Waals surface area contributed by atoms with Crippen molar-refractivity contribution in [2.24, 2.45) is 23.5 Å². The van der Waals surface area contributed by atoms with Crippen molar-refractivity contribution in [3.63, 3.8) is 0 Å². The van der Waals surface area contributed by atoms with E-state index in [4.69, 9.17) is 5.73 Å². The molecule has 5 atom stereocenters. The summed E-state index contributed by atoms with van der Waals surface area (Å²) in [6, 6.07) is 0.356. The Kier molecular flexibility index (Phi) is 4.23. The van der Waals surface area contributed by atoms with Gasteiger partial charge in [-0.1, -0.05) is 13.2 Å². The Bertz CT molecular complexity index is 353. The Morgan fingerprint density at radius 2 is 2.21 bits per heavy atom. The number of nitrogens with two attached hydrogens (primary N) is 1. The summed E-state index contributed by atoms with van der Waals surface area (Å²) in [6.07, 6.45) is 2.92. The quantitative estimate of drug-likeness (QED) is 0.541. The molecule has 1 saturated carbocycles. The van der Waals surface area contributed by atoms with Gasteiger partial charge in [-0.15, -0.1) is 0 Å². The molecular weight excluding hydrogens is 243 g/mol. The van der Waals surface area contributed by atoms with Gasteiger partial charge in [-0.3, -0.25) is 4.79 Å². The Morgan fingerprint density at radius 1 is 1.53 bits per heavy atom. The van der Waals surface area contributed by atoms with Crippen molar-refractivity contribution in [2.45, 2.75) is 50.9 Å². The molecule has 0 radical (unpaired) electrons. The van der Waals surface area contributed by atoms with Crippen LogP contribution in [0.2, 0.25) is 13.1 Å². The highest BCUT2D eigenvalue weighted by Gasteiger charge is 2.58. The van der Waals surface area contributed by atoms with Gasteiger partial charge in [-0.2, -0.15) is 0 Å². The van der Waals surface area contributed by atoms with E-state index < -0.39 is 11.5 Å². The first-order chi connectivity index (χ1) is 8.86. The molecule has 2 aliphatic rings. The van der Waals surface area contributed by atoms with Gasteiger partial charge in [0.2, 0.25) is 0 Å². The number of carboxylic acids is 1. The fourth-order valence-corrected chi connectivity index (χ4v) is 4.04. The lowest BCUT2D eigenvalue weighted by Crippen LogP contribution is -2.53. The summed E-state index contributed by atoms with van der Waals surface area (Å²) in [5, 5.41) is 22.3. The first-order valence-electron chi connectivity index (χ1n) is 7.30. The second-order valence-corrected chi connectivity index (χ2v) is 6.46. The third-order valence-corrected chi connectivity index (χ3v) is 5.15. The monoisotopic (exact) mass is 268 g/mol. The van der Waals surface area contributed by atoms with Gasteiger partial charge in [0, 0.05) is 6.04 Å². The summed E-state index contributed by atoms with van der Waals surface area (Å²) >= 11 is 0. The lowest BCUT2D eigenvalue weighted by molar-refractivity contribution is -0.145. The number of carbonyl (C=O) groups is 1. The van der Waals surface area contributed by atoms with Gasteiger partial charge in [-0.25, -0.2) is 0 Å². The summed E-state index contributed by atoms with van der Waals surface area (Å²) in [4.78, 5) is 11.6. The molecule has 1 saturated heterocycles. The molecule has 1 aliphatic heterocycles. The van der Waals surface area contributed by atoms with Crippen LogP contribution in [0.1, 0.15) is 26.2 Å². The van der Waals surface area contributed by atoms with Crippen molar-refractivity contribution in [2.75, 3.05) is 6.54 Å². The predicted octanol–water partition coefficient (Wildman–Crippen LogP) is 0.406. The summed E-state index contributed by atoms with van der Waals surface area (Å²) in [6.45, 7) is 4.43. The van der Waals surface area contributed by atoms with Crippen LogP contribution in [0.5, 0.6) is 0 Å². The maximum atomic E-state index is 11.6. The topological polar surface area (TPSA) is 95.6 Å². The number of hydrogen-bond donors (Lipinski definition) is 4. The molecule has 0 aromatic carbocycles. The van der Waals surface area contributed by atoms with Crippen molar-refractivity contribution < 1.29 is 14.9 Å². The number of aliphatic carboxylic acids is 1. The summed E-state index contributed by atoms with van der Waals surface area (Å²) in [5.74, 6) is -0.106. The molecule has 2 rings (SSSR count). The Labute approximate surface area is 115 Å². The van der Waals surface area contributed by atoms with Crippen LogP contribution in [0.15, 0.2) is 0 Å². The van der Waals surface area contributed by atoms with Gasteiger partial charge in [0.05, 0.1) is 0 Å². The van der Waals surface area contributed by atoms with E-state index in [1.165, 1.54) is 0 Å². The molecule has 0 spiro atoms. The van der Waals surface area contributed by atoms with E-state index in [-0.39, 0.29) is 12.8 Å². The van der Waals surface area contributed by atoms with Crippen LogP contribution in [-0.2, 0) is 4.79 Å². The number of hydrogen-bond acceptors (Lipinski definition) is 4. The third-order valence-electron chi connectivity index (χ3n) is 5.15. The average Bonchev–Trinajstić information content (AvgIpc) is 2.79. The zero-order valence-corrected chi connectivity index (χ0v) is 11.8. The fraction of sp³-hybridized carbons (Fsp3) is 0.923. The lowest BCUT2D eigenvalue weighted by Gasteiger charge is -2.30. The molecule has 1 heterocycles. The zero-order valence-electron chi connectivity index (χ0n) is 11.8. The molecule has 0 aromatic heterocycles. The van der Waals surface area contributed by atoms with Gasteiger partial charge in [-0.05, 0) is 50.4 Å². The van der Waals surface area contributed by atoms with Crippen LogP contribution in [0.4, 0.5) is 0 Å². The highest BCUT2D eigenvalue weighted by Crippen LogP contribution is 2.49. The van der Waals surface area contributed by atoms with Crippen LogP contribution in [0.3, 0.4) is 0 Å². The van der Waals surface area contributed by atoms with Crippen molar-refractivity contribution >= 4 is 12.9 Å². The van der Waals surface area contributed by atoms with Gasteiger partial charge in [0.25, 0.3) is 6.92 Å². The zero-order chi connectivity index (χ0) is 14.2. The van der Waals surface area contributed by atoms with E-state index in [0.29, 0.717) is 30.6 Å². The fourth-order valence-electron chi connectivity index (χ4n) is 4.04. The highest BCUT2D eigenvalue weighted by molar-refractivity contribution is 6.48. The van der Waals surface area contributed by atoms with Crippen molar-refractivity contribution in [3.05, 3.63) is 0 Å². The SMILES string of the molecule is CB(O)CCCC1C2CNC(C)C2CC1(N)C(=O)O. The number of carboxylic acid groups (broad SMARTS) is 1. The average molecular weight is 268 g/mol. The molecule has 108 valence electrons. The highest BCUT2D eigenvalue weighted by atomic mass is 16.4. The molecule has 19 heavy (non-hydrogen) atoms. The second kappa shape index (κ2) is 5.42.